The first-order valence-corrected chi connectivity index (χ1v) is 16.4. The molecule has 14 atom stereocenters. The van der Waals surface area contributed by atoms with Gasteiger partial charge in [0, 0.05) is 32.0 Å². The Morgan fingerprint density at radius 2 is 1.61 bits per heavy atom. The lowest BCUT2D eigenvalue weighted by Crippen LogP contribution is -2.59. The molecule has 11 nitrogen and oxygen atoms in total. The number of hydrogen-bond donors (Lipinski definition) is 4. The minimum absolute atomic E-state index is 0.0201. The van der Waals surface area contributed by atoms with Crippen molar-refractivity contribution < 1.29 is 48.9 Å². The Bertz CT molecular complexity index is 915. The van der Waals surface area contributed by atoms with E-state index in [0.717, 1.165) is 0 Å². The Morgan fingerprint density at radius 3 is 2.14 bits per heavy atom. The van der Waals surface area contributed by atoms with Gasteiger partial charge in [-0.15, -0.1) is 0 Å². The van der Waals surface area contributed by atoms with Crippen molar-refractivity contribution in [3.05, 3.63) is 0 Å². The molecule has 0 aromatic rings. The second-order valence-corrected chi connectivity index (χ2v) is 14.6. The summed E-state index contributed by atoms with van der Waals surface area (Å²) in [5, 5.41) is 45.7. The summed E-state index contributed by atoms with van der Waals surface area (Å²) in [4.78, 5) is 15.8. The van der Waals surface area contributed by atoms with Crippen molar-refractivity contribution in [2.45, 2.75) is 167 Å². The van der Waals surface area contributed by atoms with Crippen LogP contribution in [0.3, 0.4) is 0 Å². The number of rotatable bonds is 6. The summed E-state index contributed by atoms with van der Waals surface area (Å²) in [6, 6.07) is -0.471. The van der Waals surface area contributed by atoms with Gasteiger partial charge in [0.25, 0.3) is 0 Å². The Kier molecular flexibility index (Phi) is 13.7. The maximum absolute atomic E-state index is 13.9. The van der Waals surface area contributed by atoms with E-state index in [1.807, 2.05) is 46.6 Å². The summed E-state index contributed by atoms with van der Waals surface area (Å²) in [6.45, 7) is 20.3. The second-order valence-electron chi connectivity index (χ2n) is 14.6. The molecule has 0 aromatic heterocycles. The molecule has 0 bridgehead atoms. The van der Waals surface area contributed by atoms with Crippen LogP contribution in [0.1, 0.15) is 95.4 Å². The summed E-state index contributed by atoms with van der Waals surface area (Å²) < 4.78 is 30.7. The molecule has 2 fully saturated rings. The number of methoxy groups -OCH3 is 1. The van der Waals surface area contributed by atoms with E-state index in [2.05, 4.69) is 0 Å². The highest BCUT2D eigenvalue weighted by Crippen LogP contribution is 2.39. The van der Waals surface area contributed by atoms with Crippen molar-refractivity contribution in [2.24, 2.45) is 17.8 Å². The topological polar surface area (TPSA) is 147 Å². The first-order valence-electron chi connectivity index (χ1n) is 16.4. The third kappa shape index (κ3) is 8.92. The zero-order valence-electron chi connectivity index (χ0n) is 29.4. The van der Waals surface area contributed by atoms with Crippen LogP contribution in [0.15, 0.2) is 0 Å². The number of aliphatic hydroxyl groups is 4. The summed E-state index contributed by atoms with van der Waals surface area (Å²) in [6.07, 6.45) is -5.55. The van der Waals surface area contributed by atoms with Crippen molar-refractivity contribution in [3.8, 4) is 0 Å². The highest BCUT2D eigenvalue weighted by molar-refractivity contribution is 5.73. The highest BCUT2D eigenvalue weighted by atomic mass is 16.7. The zero-order valence-corrected chi connectivity index (χ0v) is 29.4. The van der Waals surface area contributed by atoms with Gasteiger partial charge in [-0.3, -0.25) is 4.79 Å². The van der Waals surface area contributed by atoms with E-state index < -0.39 is 83.6 Å². The number of hydrogen-bond acceptors (Lipinski definition) is 11. The van der Waals surface area contributed by atoms with Gasteiger partial charge in [-0.25, -0.2) is 0 Å². The number of likely N-dealkylation sites (N-methyl/N-ethyl adjacent to an activating group) is 1. The van der Waals surface area contributed by atoms with Gasteiger partial charge < -0.3 is 49.0 Å². The Balaban J connectivity index is 2.65. The van der Waals surface area contributed by atoms with Crippen LogP contribution in [0, 0.1) is 17.8 Å². The van der Waals surface area contributed by atoms with E-state index in [1.54, 1.807) is 34.6 Å². The minimum Gasteiger partial charge on any atom is -0.459 e. The number of esters is 1. The van der Waals surface area contributed by atoms with Crippen LogP contribution in [0.4, 0.5) is 0 Å². The average Bonchev–Trinajstić information content (AvgIpc) is 2.93. The molecule has 260 valence electrons. The van der Waals surface area contributed by atoms with E-state index in [-0.39, 0.29) is 24.9 Å². The van der Waals surface area contributed by atoms with Gasteiger partial charge >= 0.3 is 5.97 Å². The summed E-state index contributed by atoms with van der Waals surface area (Å²) >= 11 is 0. The Morgan fingerprint density at radius 1 is 1.02 bits per heavy atom. The van der Waals surface area contributed by atoms with Crippen molar-refractivity contribution >= 4 is 5.97 Å². The lowest BCUT2D eigenvalue weighted by molar-refractivity contribution is -0.301. The van der Waals surface area contributed by atoms with E-state index in [1.165, 1.54) is 14.0 Å². The molecule has 2 heterocycles. The molecule has 0 aromatic carbocycles. The molecule has 2 aliphatic heterocycles. The first-order chi connectivity index (χ1) is 20.1. The minimum atomic E-state index is -1.74. The van der Waals surface area contributed by atoms with Gasteiger partial charge in [-0.05, 0) is 81.2 Å². The van der Waals surface area contributed by atoms with Gasteiger partial charge in [-0.2, -0.15) is 0 Å². The molecule has 1 unspecified atom stereocenters. The van der Waals surface area contributed by atoms with E-state index >= 15 is 0 Å². The summed E-state index contributed by atoms with van der Waals surface area (Å²) in [5.41, 5.74) is -4.02. The summed E-state index contributed by atoms with van der Waals surface area (Å²) in [5.74, 6) is -2.06. The van der Waals surface area contributed by atoms with Gasteiger partial charge in [0.2, 0.25) is 0 Å². The van der Waals surface area contributed by atoms with Gasteiger partial charge in [0.05, 0.1) is 41.5 Å². The molecular weight excluding hydrogens is 570 g/mol. The summed E-state index contributed by atoms with van der Waals surface area (Å²) in [7, 11) is 3.40. The first kappa shape index (κ1) is 39.3. The van der Waals surface area contributed by atoms with E-state index in [0.29, 0.717) is 13.0 Å². The third-order valence-corrected chi connectivity index (χ3v) is 10.1. The predicted molar refractivity (Wildman–Crippen MR) is 167 cm³/mol. The van der Waals surface area contributed by atoms with Gasteiger partial charge in [0.1, 0.15) is 23.9 Å². The zero-order chi connectivity index (χ0) is 33.9. The van der Waals surface area contributed by atoms with Crippen LogP contribution >= 0.6 is 0 Å². The maximum Gasteiger partial charge on any atom is 0.311 e. The Labute approximate surface area is 265 Å². The third-order valence-electron chi connectivity index (χ3n) is 10.1. The van der Waals surface area contributed by atoms with Crippen LogP contribution in [0.5, 0.6) is 0 Å². The fourth-order valence-electron chi connectivity index (χ4n) is 7.23. The van der Waals surface area contributed by atoms with Gasteiger partial charge in [0.15, 0.2) is 6.29 Å². The average molecular weight is 634 g/mol. The van der Waals surface area contributed by atoms with Crippen molar-refractivity contribution in [3.63, 3.8) is 0 Å². The van der Waals surface area contributed by atoms with Crippen LogP contribution in [-0.4, -0.2) is 124 Å². The molecular formula is C33H63NO10. The normalized spacial score (nSPS) is 47.6. The molecule has 0 spiro atoms. The number of carbonyl (C=O) groups is 1. The quantitative estimate of drug-likeness (QED) is 0.320. The Hall–Kier alpha value is -0.890. The van der Waals surface area contributed by atoms with Crippen LogP contribution in [0.2, 0.25) is 0 Å². The molecule has 0 radical (unpaired) electrons. The van der Waals surface area contributed by atoms with Crippen molar-refractivity contribution in [1.82, 2.24) is 4.90 Å². The predicted octanol–water partition coefficient (Wildman–Crippen LogP) is 2.88. The van der Waals surface area contributed by atoms with Crippen LogP contribution in [-0.2, 0) is 28.5 Å². The lowest BCUT2D eigenvalue weighted by atomic mass is 9.77. The fraction of sp³-hybridized carbons (Fsp3) is 0.970. The monoisotopic (exact) mass is 633 g/mol. The van der Waals surface area contributed by atoms with Gasteiger partial charge in [-0.1, -0.05) is 20.8 Å². The number of ether oxygens (including phenoxy) is 5. The molecule has 0 saturated carbocycles. The lowest BCUT2D eigenvalue weighted by Gasteiger charge is -2.47. The molecule has 2 rings (SSSR count). The standard InChI is InChI=1S/C33H63NO10/c1-14-24-33(11,39)27(35)22(7)34(12)17-19(4)15-31(9,38)29(41-18(2)3)20(5)26(21(6)30(37)43-24)44-25-16-32(10,40-13)28(36)23(8)42-25/h18-29,35-36,38-39H,14-17H2,1-13H3/t19-,20+,21-,22-,23+,24-,25?,26+,27-,28+,29-,31-,32-,33-/m1/s1. The molecule has 44 heavy (non-hydrogen) atoms. The second kappa shape index (κ2) is 15.3. The van der Waals surface area contributed by atoms with Crippen molar-refractivity contribution in [2.75, 3.05) is 20.7 Å². The number of carbonyl (C=O) groups excluding carboxylic acids is 1. The molecule has 2 saturated heterocycles. The number of aliphatic hydroxyl groups excluding tert-OH is 2. The SMILES string of the molecule is CC[C@H]1OC(=O)[C@H](C)[C@@H](OC2C[C@@](C)(OC)[C@@H](O)[C@H](C)O2)[C@H](C)[C@@H](OC(C)C)[C@](C)(O)C[C@@H](C)CN(C)[C@H](C)[C@@H](O)[C@]1(C)O. The largest absolute Gasteiger partial charge is 0.459 e. The molecule has 4 N–H and O–H groups in total. The number of nitrogens with zero attached hydrogens (tertiary/aromatic N) is 1. The van der Waals surface area contributed by atoms with Crippen molar-refractivity contribution in [1.29, 1.82) is 0 Å². The molecule has 11 heteroatoms. The fourth-order valence-corrected chi connectivity index (χ4v) is 7.23. The highest BCUT2D eigenvalue weighted by Gasteiger charge is 2.51. The molecule has 0 aliphatic carbocycles. The van der Waals surface area contributed by atoms with Crippen LogP contribution < -0.4 is 0 Å². The maximum atomic E-state index is 13.9. The molecule has 0 amide bonds. The van der Waals surface area contributed by atoms with E-state index in [4.69, 9.17) is 23.7 Å². The van der Waals surface area contributed by atoms with E-state index in [9.17, 15) is 25.2 Å². The molecule has 2 aliphatic rings. The van der Waals surface area contributed by atoms with Crippen LogP contribution in [0.25, 0.3) is 0 Å². The number of cyclic esters (lactones) is 1. The smallest absolute Gasteiger partial charge is 0.311 e.